The first-order valence-electron chi connectivity index (χ1n) is 8.45. The topological polar surface area (TPSA) is 36.1 Å². The van der Waals surface area contributed by atoms with Gasteiger partial charge in [-0.15, -0.1) is 0 Å². The summed E-state index contributed by atoms with van der Waals surface area (Å²) in [7, 11) is 0. The highest BCUT2D eigenvalue weighted by Crippen LogP contribution is 2.23. The minimum absolute atomic E-state index is 0.372. The van der Waals surface area contributed by atoms with Gasteiger partial charge in [-0.25, -0.2) is 0 Å². The van der Waals surface area contributed by atoms with Crippen LogP contribution in [-0.2, 0) is 0 Å². The van der Waals surface area contributed by atoms with Crippen molar-refractivity contribution in [2.24, 2.45) is 4.99 Å². The molecule has 1 aliphatic rings. The van der Waals surface area contributed by atoms with Gasteiger partial charge >= 0.3 is 0 Å². The lowest BCUT2D eigenvalue weighted by Crippen LogP contribution is -2.02. The Balaban J connectivity index is 1.71. The van der Waals surface area contributed by atoms with E-state index in [1.807, 2.05) is 36.4 Å². The fourth-order valence-electron chi connectivity index (χ4n) is 2.74. The quantitative estimate of drug-likeness (QED) is 0.682. The van der Waals surface area contributed by atoms with Crippen molar-refractivity contribution < 1.29 is 0 Å². The molecule has 0 spiro atoms. The molecule has 1 atom stereocenters. The summed E-state index contributed by atoms with van der Waals surface area (Å²) in [6.45, 7) is 0. The molecule has 1 unspecified atom stereocenters. The van der Waals surface area contributed by atoms with Crippen LogP contribution in [0.25, 0.3) is 5.57 Å². The average molecular weight is 324 g/mol. The summed E-state index contributed by atoms with van der Waals surface area (Å²) in [4.78, 5) is 4.43. The number of hydrogen-bond donors (Lipinski definition) is 0. The van der Waals surface area contributed by atoms with E-state index < -0.39 is 0 Å². The van der Waals surface area contributed by atoms with E-state index in [1.165, 1.54) is 11.1 Å². The van der Waals surface area contributed by atoms with Crippen molar-refractivity contribution in [1.29, 1.82) is 5.26 Å². The van der Waals surface area contributed by atoms with Gasteiger partial charge in [-0.3, -0.25) is 4.99 Å². The van der Waals surface area contributed by atoms with Crippen LogP contribution < -0.4 is 0 Å². The van der Waals surface area contributed by atoms with E-state index in [2.05, 4.69) is 59.6 Å². The van der Waals surface area contributed by atoms with E-state index in [0.717, 1.165) is 17.6 Å². The molecule has 0 radical (unpaired) electrons. The lowest BCUT2D eigenvalue weighted by atomic mass is 10.0. The second kappa shape index (κ2) is 8.61. The molecule has 0 saturated carbocycles. The van der Waals surface area contributed by atoms with Crippen LogP contribution in [0.15, 0.2) is 95.5 Å². The summed E-state index contributed by atoms with van der Waals surface area (Å²) in [5.74, 6) is 0. The van der Waals surface area contributed by atoms with E-state index in [0.29, 0.717) is 6.42 Å². The Morgan fingerprint density at radius 1 is 1.00 bits per heavy atom. The maximum absolute atomic E-state index is 9.40. The van der Waals surface area contributed by atoms with Crippen LogP contribution in [-0.4, -0.2) is 12.3 Å². The SMILES string of the molecule is N#CC(CC1=CC=C(c2ccccc2)CC=C1)N=Cc1ccccc1. The zero-order valence-corrected chi connectivity index (χ0v) is 14.0. The number of nitriles is 1. The van der Waals surface area contributed by atoms with E-state index in [9.17, 15) is 5.26 Å². The summed E-state index contributed by atoms with van der Waals surface area (Å²) >= 11 is 0. The fraction of sp³-hybridized carbons (Fsp3) is 0.130. The van der Waals surface area contributed by atoms with Gasteiger partial charge in [-0.05, 0) is 28.7 Å². The highest BCUT2D eigenvalue weighted by atomic mass is 14.8. The van der Waals surface area contributed by atoms with Crippen LogP contribution in [0.1, 0.15) is 24.0 Å². The summed E-state index contributed by atoms with van der Waals surface area (Å²) in [6.07, 6.45) is 11.8. The minimum atomic E-state index is -0.372. The Kier molecular flexibility index (Phi) is 5.74. The number of benzene rings is 2. The summed E-state index contributed by atoms with van der Waals surface area (Å²) in [5, 5.41) is 9.40. The first-order chi connectivity index (χ1) is 12.3. The predicted octanol–water partition coefficient (Wildman–Crippen LogP) is 5.36. The summed E-state index contributed by atoms with van der Waals surface area (Å²) in [6, 6.07) is 22.2. The van der Waals surface area contributed by atoms with Crippen molar-refractivity contribution in [3.63, 3.8) is 0 Å². The molecule has 0 amide bonds. The minimum Gasteiger partial charge on any atom is -0.274 e. The van der Waals surface area contributed by atoms with Gasteiger partial charge in [0.25, 0.3) is 0 Å². The normalized spacial score (nSPS) is 15.2. The lowest BCUT2D eigenvalue weighted by molar-refractivity contribution is 0.832. The maximum atomic E-state index is 9.40. The van der Waals surface area contributed by atoms with Gasteiger partial charge in [0.2, 0.25) is 0 Å². The van der Waals surface area contributed by atoms with Crippen LogP contribution in [0.5, 0.6) is 0 Å². The molecule has 2 aromatic carbocycles. The molecule has 0 N–H and O–H groups in total. The van der Waals surface area contributed by atoms with E-state index in [-0.39, 0.29) is 6.04 Å². The molecule has 1 aliphatic carbocycles. The smallest absolute Gasteiger partial charge is 0.140 e. The van der Waals surface area contributed by atoms with Gasteiger partial charge in [0.15, 0.2) is 0 Å². The van der Waals surface area contributed by atoms with Gasteiger partial charge in [0, 0.05) is 12.6 Å². The lowest BCUT2D eigenvalue weighted by Gasteiger charge is -2.04. The Hall–Kier alpha value is -3.18. The zero-order chi connectivity index (χ0) is 17.3. The molecule has 3 rings (SSSR count). The third-order valence-corrected chi connectivity index (χ3v) is 4.09. The standard InChI is InChI=1S/C23H20N2/c24-17-23(25-18-20-8-3-1-4-9-20)16-19-10-7-13-22(15-14-19)21-11-5-2-6-12-21/h1-12,14-15,18,23H,13,16H2. The largest absolute Gasteiger partial charge is 0.274 e. The van der Waals surface area contributed by atoms with Crippen LogP contribution in [0.3, 0.4) is 0 Å². The van der Waals surface area contributed by atoms with Crippen LogP contribution in [0, 0.1) is 11.3 Å². The Morgan fingerprint density at radius 2 is 1.72 bits per heavy atom. The fourth-order valence-corrected chi connectivity index (χ4v) is 2.74. The molecule has 0 heterocycles. The first kappa shape index (κ1) is 16.7. The molecule has 0 fully saturated rings. The van der Waals surface area contributed by atoms with Gasteiger partial charge in [-0.2, -0.15) is 5.26 Å². The Morgan fingerprint density at radius 3 is 2.44 bits per heavy atom. The van der Waals surface area contributed by atoms with Crippen molar-refractivity contribution in [2.75, 3.05) is 0 Å². The van der Waals surface area contributed by atoms with Crippen molar-refractivity contribution in [2.45, 2.75) is 18.9 Å². The molecule has 0 aromatic heterocycles. The van der Waals surface area contributed by atoms with Crippen LogP contribution >= 0.6 is 0 Å². The van der Waals surface area contributed by atoms with Crippen molar-refractivity contribution in [3.05, 3.63) is 102 Å². The summed E-state index contributed by atoms with van der Waals surface area (Å²) in [5.41, 5.74) is 4.67. The molecular weight excluding hydrogens is 304 g/mol. The van der Waals surface area contributed by atoms with Gasteiger partial charge < -0.3 is 0 Å². The number of aliphatic imine (C=N–C) groups is 1. The third-order valence-electron chi connectivity index (χ3n) is 4.09. The molecule has 2 aromatic rings. The van der Waals surface area contributed by atoms with E-state index in [4.69, 9.17) is 0 Å². The van der Waals surface area contributed by atoms with Crippen molar-refractivity contribution in [3.8, 4) is 6.07 Å². The van der Waals surface area contributed by atoms with Gasteiger partial charge in [0.1, 0.15) is 6.04 Å². The second-order valence-corrected chi connectivity index (χ2v) is 5.94. The van der Waals surface area contributed by atoms with Crippen molar-refractivity contribution >= 4 is 11.8 Å². The van der Waals surface area contributed by atoms with E-state index >= 15 is 0 Å². The maximum Gasteiger partial charge on any atom is 0.140 e. The Labute approximate surface area is 149 Å². The number of rotatable bonds is 5. The molecule has 0 saturated heterocycles. The van der Waals surface area contributed by atoms with Crippen molar-refractivity contribution in [1.82, 2.24) is 0 Å². The Bertz CT molecular complexity index is 850. The zero-order valence-electron chi connectivity index (χ0n) is 14.0. The average Bonchev–Trinajstić information content (AvgIpc) is 2.92. The third kappa shape index (κ3) is 4.89. The van der Waals surface area contributed by atoms with Crippen LogP contribution in [0.2, 0.25) is 0 Å². The molecule has 2 nitrogen and oxygen atoms in total. The molecule has 2 heteroatoms. The molecule has 122 valence electrons. The van der Waals surface area contributed by atoms with Crippen LogP contribution in [0.4, 0.5) is 0 Å². The van der Waals surface area contributed by atoms with E-state index in [1.54, 1.807) is 6.21 Å². The first-order valence-corrected chi connectivity index (χ1v) is 8.45. The number of nitrogens with zero attached hydrogens (tertiary/aromatic N) is 2. The molecule has 0 bridgehead atoms. The second-order valence-electron chi connectivity index (χ2n) is 5.94. The van der Waals surface area contributed by atoms with Gasteiger partial charge in [-0.1, -0.05) is 85.0 Å². The molecule has 0 aliphatic heterocycles. The number of allylic oxidation sites excluding steroid dienone is 5. The highest BCUT2D eigenvalue weighted by molar-refractivity contribution is 5.79. The number of hydrogen-bond acceptors (Lipinski definition) is 2. The molecular formula is C23H20N2. The predicted molar refractivity (Wildman–Crippen MR) is 104 cm³/mol. The molecule has 25 heavy (non-hydrogen) atoms. The monoisotopic (exact) mass is 324 g/mol. The summed E-state index contributed by atoms with van der Waals surface area (Å²) < 4.78 is 0. The van der Waals surface area contributed by atoms with Gasteiger partial charge in [0.05, 0.1) is 6.07 Å². The highest BCUT2D eigenvalue weighted by Gasteiger charge is 2.08.